The molecular weight excluding hydrogens is 306 g/mol. The molecule has 0 aliphatic carbocycles. The van der Waals surface area contributed by atoms with Crippen LogP contribution in [-0.2, 0) is 9.59 Å². The molecule has 0 bridgehead atoms. The summed E-state index contributed by atoms with van der Waals surface area (Å²) >= 11 is 5.85. The molecule has 0 spiro atoms. The van der Waals surface area contributed by atoms with E-state index < -0.39 is 23.3 Å². The van der Waals surface area contributed by atoms with Crippen LogP contribution < -0.4 is 10.1 Å². The van der Waals surface area contributed by atoms with Crippen LogP contribution in [0.5, 0.6) is 5.75 Å². The van der Waals surface area contributed by atoms with Crippen molar-refractivity contribution in [3.05, 3.63) is 65.1 Å². The fraction of sp³-hybridized carbons (Fsp3) is 0. The van der Waals surface area contributed by atoms with E-state index in [9.17, 15) is 14.7 Å². The third kappa shape index (κ3) is 2.66. The molecule has 0 atom stereocenters. The molecule has 2 N–H and O–H groups in total. The molecule has 0 saturated heterocycles. The van der Waals surface area contributed by atoms with E-state index in [2.05, 4.69) is 0 Å². The number of aliphatic hydroxyl groups is 1. The van der Waals surface area contributed by atoms with Crippen LogP contribution in [0.3, 0.4) is 0 Å². The maximum absolute atomic E-state index is 11.5. The molecule has 0 radical (unpaired) electrons. The molecule has 0 aromatic heterocycles. The number of imide groups is 1. The van der Waals surface area contributed by atoms with E-state index in [1.807, 2.05) is 23.5 Å². The van der Waals surface area contributed by atoms with E-state index in [-0.39, 0.29) is 0 Å². The summed E-state index contributed by atoms with van der Waals surface area (Å²) in [4.78, 5) is 22.7. The first-order valence-electron chi connectivity index (χ1n) is 6.37. The second kappa shape index (κ2) is 5.54. The average molecular weight is 316 g/mol. The lowest BCUT2D eigenvalue weighted by atomic mass is 10.1. The molecule has 2 aromatic rings. The lowest BCUT2D eigenvalue weighted by Gasteiger charge is -2.07. The number of rotatable bonds is 3. The molecule has 6 heteroatoms. The molecule has 0 unspecified atom stereocenters. The highest BCUT2D eigenvalue weighted by atomic mass is 35.5. The summed E-state index contributed by atoms with van der Waals surface area (Å²) in [7, 11) is 0. The Labute approximate surface area is 130 Å². The molecule has 22 heavy (non-hydrogen) atoms. The Balaban J connectivity index is 1.90. The Kier molecular flexibility index (Phi) is 3.56. The van der Waals surface area contributed by atoms with Gasteiger partial charge in [-0.25, -0.2) is 0 Å². The second-order valence-corrected chi connectivity index (χ2v) is 5.03. The smallest absolute Gasteiger partial charge is 0.298 e. The third-order valence-electron chi connectivity index (χ3n) is 3.09. The summed E-state index contributed by atoms with van der Waals surface area (Å²) < 4.78 is 5.33. The van der Waals surface area contributed by atoms with Crippen molar-refractivity contribution < 1.29 is 19.4 Å². The largest absolute Gasteiger partial charge is 0.500 e. The van der Waals surface area contributed by atoms with Gasteiger partial charge in [0.2, 0.25) is 11.5 Å². The number of hydrogen-bond donors (Lipinski definition) is 2. The van der Waals surface area contributed by atoms with Gasteiger partial charge >= 0.3 is 0 Å². The first-order valence-corrected chi connectivity index (χ1v) is 6.75. The van der Waals surface area contributed by atoms with E-state index >= 15 is 0 Å². The third-order valence-corrected chi connectivity index (χ3v) is 3.35. The van der Waals surface area contributed by atoms with Gasteiger partial charge in [-0.05, 0) is 35.4 Å². The van der Waals surface area contributed by atoms with Gasteiger partial charge in [-0.15, -0.1) is 0 Å². The first-order chi connectivity index (χ1) is 10.5. The van der Waals surface area contributed by atoms with Gasteiger partial charge in [-0.3, -0.25) is 14.9 Å². The van der Waals surface area contributed by atoms with Crippen LogP contribution in [0.1, 0.15) is 0 Å². The number of halogens is 1. The zero-order valence-corrected chi connectivity index (χ0v) is 11.9. The van der Waals surface area contributed by atoms with E-state index in [0.717, 1.165) is 11.1 Å². The Bertz CT molecular complexity index is 796. The number of carbonyl (C=O) groups is 2. The quantitative estimate of drug-likeness (QED) is 0.854. The Morgan fingerprint density at radius 3 is 2.32 bits per heavy atom. The van der Waals surface area contributed by atoms with Gasteiger partial charge in [0, 0.05) is 5.02 Å². The maximum Gasteiger partial charge on any atom is 0.298 e. The molecule has 5 nitrogen and oxygen atoms in total. The predicted molar refractivity (Wildman–Crippen MR) is 80.3 cm³/mol. The maximum atomic E-state index is 11.5. The van der Waals surface area contributed by atoms with Crippen LogP contribution in [0.4, 0.5) is 0 Å². The van der Waals surface area contributed by atoms with E-state index in [1.165, 1.54) is 0 Å². The Hall–Kier alpha value is -2.79. The molecular formula is C16H10ClNO4. The van der Waals surface area contributed by atoms with Gasteiger partial charge in [0.05, 0.1) is 0 Å². The minimum absolute atomic E-state index is 0.332. The zero-order valence-electron chi connectivity index (χ0n) is 11.2. The van der Waals surface area contributed by atoms with Crippen molar-refractivity contribution in [1.29, 1.82) is 0 Å². The van der Waals surface area contributed by atoms with Gasteiger partial charge < -0.3 is 9.84 Å². The van der Waals surface area contributed by atoms with Crippen molar-refractivity contribution >= 4 is 23.4 Å². The van der Waals surface area contributed by atoms with Crippen LogP contribution in [0.15, 0.2) is 60.0 Å². The number of hydrogen-bond acceptors (Lipinski definition) is 4. The molecule has 0 saturated carbocycles. The molecule has 1 aliphatic rings. The minimum Gasteiger partial charge on any atom is -0.500 e. The summed E-state index contributed by atoms with van der Waals surface area (Å²) in [5, 5.41) is 12.1. The van der Waals surface area contributed by atoms with E-state index in [4.69, 9.17) is 16.3 Å². The highest BCUT2D eigenvalue weighted by Gasteiger charge is 2.32. The number of aliphatic hydroxyl groups excluding tert-OH is 1. The van der Waals surface area contributed by atoms with Crippen molar-refractivity contribution in [2.75, 3.05) is 0 Å². The number of carbonyl (C=O) groups excluding carboxylic acids is 2. The van der Waals surface area contributed by atoms with Crippen molar-refractivity contribution in [3.8, 4) is 16.9 Å². The second-order valence-electron chi connectivity index (χ2n) is 4.60. The lowest BCUT2D eigenvalue weighted by Crippen LogP contribution is -2.24. The van der Waals surface area contributed by atoms with Gasteiger partial charge in [0.1, 0.15) is 5.75 Å². The predicted octanol–water partition coefficient (Wildman–Crippen LogP) is 2.81. The summed E-state index contributed by atoms with van der Waals surface area (Å²) in [6.07, 6.45) is 0. The minimum atomic E-state index is -0.867. The van der Waals surface area contributed by atoms with Crippen LogP contribution in [0.25, 0.3) is 11.1 Å². The Morgan fingerprint density at radius 2 is 1.68 bits per heavy atom. The first kappa shape index (κ1) is 14.2. The lowest BCUT2D eigenvalue weighted by molar-refractivity contribution is -0.125. The number of amides is 2. The number of ether oxygens (including phenoxy) is 1. The number of nitrogens with one attached hydrogen (secondary N) is 1. The SMILES string of the molecule is O=C1NC(=O)C(Oc2cccc(-c3ccc(Cl)cc3)c2)=C1O. The molecule has 1 heterocycles. The van der Waals surface area contributed by atoms with Gasteiger partial charge in [-0.2, -0.15) is 0 Å². The summed E-state index contributed by atoms with van der Waals surface area (Å²) in [5.41, 5.74) is 1.76. The topological polar surface area (TPSA) is 75.6 Å². The highest BCUT2D eigenvalue weighted by molar-refractivity contribution is 6.30. The standard InChI is InChI=1S/C16H10ClNO4/c17-11-6-4-9(5-7-11)10-2-1-3-12(8-10)22-14-13(19)15(20)18-16(14)21/h1-8H,(H2,18,19,20,21). The van der Waals surface area contributed by atoms with Crippen molar-refractivity contribution in [1.82, 2.24) is 5.32 Å². The van der Waals surface area contributed by atoms with Gasteiger partial charge in [0.25, 0.3) is 11.8 Å². The monoisotopic (exact) mass is 315 g/mol. The molecule has 3 rings (SSSR count). The normalized spacial score (nSPS) is 14.2. The zero-order chi connectivity index (χ0) is 15.7. The van der Waals surface area contributed by atoms with E-state index in [1.54, 1.807) is 30.3 Å². The van der Waals surface area contributed by atoms with E-state index in [0.29, 0.717) is 10.8 Å². The fourth-order valence-electron chi connectivity index (χ4n) is 2.02. The summed E-state index contributed by atoms with van der Waals surface area (Å²) in [6.45, 7) is 0. The van der Waals surface area contributed by atoms with Crippen molar-refractivity contribution in [2.45, 2.75) is 0 Å². The molecule has 2 aromatic carbocycles. The average Bonchev–Trinajstić information content (AvgIpc) is 2.75. The van der Waals surface area contributed by atoms with Gasteiger partial charge in [-0.1, -0.05) is 35.9 Å². The van der Waals surface area contributed by atoms with Crippen molar-refractivity contribution in [2.24, 2.45) is 0 Å². The molecule has 1 aliphatic heterocycles. The van der Waals surface area contributed by atoms with Crippen LogP contribution >= 0.6 is 11.6 Å². The molecule has 2 amide bonds. The number of benzene rings is 2. The highest BCUT2D eigenvalue weighted by Crippen LogP contribution is 2.27. The summed E-state index contributed by atoms with van der Waals surface area (Å²) in [6, 6.07) is 14.2. The van der Waals surface area contributed by atoms with Crippen LogP contribution in [-0.4, -0.2) is 16.9 Å². The molecule has 0 fully saturated rings. The molecule has 110 valence electrons. The fourth-order valence-corrected chi connectivity index (χ4v) is 2.15. The van der Waals surface area contributed by atoms with Crippen molar-refractivity contribution in [3.63, 3.8) is 0 Å². The van der Waals surface area contributed by atoms with Gasteiger partial charge in [0.15, 0.2) is 0 Å². The van der Waals surface area contributed by atoms with Crippen LogP contribution in [0, 0.1) is 0 Å². The Morgan fingerprint density at radius 1 is 0.955 bits per heavy atom. The summed E-state index contributed by atoms with van der Waals surface area (Å²) in [5.74, 6) is -2.42. The van der Waals surface area contributed by atoms with Crippen LogP contribution in [0.2, 0.25) is 5.02 Å².